The molecule has 7 nitrogen and oxygen atoms in total. The van der Waals surface area contributed by atoms with Gasteiger partial charge in [-0.15, -0.1) is 0 Å². The van der Waals surface area contributed by atoms with Gasteiger partial charge >= 0.3 is 0 Å². The lowest BCUT2D eigenvalue weighted by Crippen LogP contribution is -2.57. The van der Waals surface area contributed by atoms with Crippen LogP contribution in [0.5, 0.6) is 0 Å². The number of nitrogens with one attached hydrogen (secondary N) is 2. The lowest BCUT2D eigenvalue weighted by Gasteiger charge is -2.31. The van der Waals surface area contributed by atoms with Crippen LogP contribution in [0.1, 0.15) is 168 Å². The van der Waals surface area contributed by atoms with Crippen LogP contribution in [0.15, 0.2) is 0 Å². The molecule has 1 unspecified atom stereocenters. The van der Waals surface area contributed by atoms with Gasteiger partial charge in [-0.25, -0.2) is 5.01 Å². The van der Waals surface area contributed by atoms with E-state index in [0.29, 0.717) is 32.4 Å². The van der Waals surface area contributed by atoms with Crippen molar-refractivity contribution in [3.63, 3.8) is 0 Å². The van der Waals surface area contributed by atoms with Gasteiger partial charge in [-0.2, -0.15) is 0 Å². The van der Waals surface area contributed by atoms with E-state index in [1.807, 2.05) is 0 Å². The lowest BCUT2D eigenvalue weighted by molar-refractivity contribution is -0.149. The van der Waals surface area contributed by atoms with Crippen LogP contribution < -0.4 is 16.5 Å². The first-order chi connectivity index (χ1) is 19.0. The normalized spacial score (nSPS) is 11.8. The van der Waals surface area contributed by atoms with Crippen LogP contribution in [0.4, 0.5) is 0 Å². The van der Waals surface area contributed by atoms with Crippen molar-refractivity contribution in [3.8, 4) is 0 Å². The number of unbranched alkanes of at least 4 members (excludes halogenated alkanes) is 17. The van der Waals surface area contributed by atoms with Crippen LogP contribution in [-0.2, 0) is 14.4 Å². The Kier molecular flexibility index (Phi) is 26.8. The first-order valence-electron chi connectivity index (χ1n) is 16.6. The number of hydrazine groups is 1. The summed E-state index contributed by atoms with van der Waals surface area (Å²) in [4.78, 5) is 39.1. The van der Waals surface area contributed by atoms with E-state index in [0.717, 1.165) is 51.4 Å². The fourth-order valence-corrected chi connectivity index (χ4v) is 4.90. The molecule has 0 heterocycles. The summed E-state index contributed by atoms with van der Waals surface area (Å²) in [5, 5.41) is 4.18. The highest BCUT2D eigenvalue weighted by molar-refractivity contribution is 5.89. The minimum atomic E-state index is -0.699. The van der Waals surface area contributed by atoms with Crippen molar-refractivity contribution in [2.24, 2.45) is 5.73 Å². The first-order valence-corrected chi connectivity index (χ1v) is 16.6. The molecule has 0 fully saturated rings. The summed E-state index contributed by atoms with van der Waals surface area (Å²) in [6.07, 6.45) is 24.2. The van der Waals surface area contributed by atoms with Crippen molar-refractivity contribution in [1.29, 1.82) is 0 Å². The molecule has 0 radical (unpaired) electrons. The summed E-state index contributed by atoms with van der Waals surface area (Å²) in [6.45, 7) is 7.22. The molecule has 0 spiro atoms. The van der Waals surface area contributed by atoms with E-state index < -0.39 is 6.04 Å². The maximum Gasteiger partial charge on any atom is 0.244 e. The average molecular weight is 553 g/mol. The summed E-state index contributed by atoms with van der Waals surface area (Å²) in [6, 6.07) is -0.699. The molecule has 4 N–H and O–H groups in total. The van der Waals surface area contributed by atoms with E-state index in [4.69, 9.17) is 5.73 Å². The Labute approximate surface area is 241 Å². The van der Waals surface area contributed by atoms with E-state index in [1.54, 1.807) is 0 Å². The molecule has 0 bridgehead atoms. The standard InChI is InChI=1S/C32H64N4O3/c1-4-7-10-12-14-16-18-20-22-25-30(37)35-36(29(24-9-6-3)32(39)34-28-27-33)31(38)26-23-21-19-17-15-13-11-8-5-2/h29H,4-28,33H2,1-3H3,(H,34,39)(H,35,37). The molecule has 0 rings (SSSR count). The minimum absolute atomic E-state index is 0.164. The Morgan fingerprint density at radius 3 is 1.51 bits per heavy atom. The highest BCUT2D eigenvalue weighted by Gasteiger charge is 2.30. The quantitative estimate of drug-likeness (QED) is 0.0733. The zero-order valence-electron chi connectivity index (χ0n) is 26.0. The summed E-state index contributed by atoms with van der Waals surface area (Å²) in [5.74, 6) is -0.577. The molecule has 0 aliphatic carbocycles. The summed E-state index contributed by atoms with van der Waals surface area (Å²) in [5.41, 5.74) is 8.43. The number of carbonyl (C=O) groups excluding carboxylic acids is 3. The van der Waals surface area contributed by atoms with Crippen LogP contribution in [0.25, 0.3) is 0 Å². The third kappa shape index (κ3) is 21.8. The smallest absolute Gasteiger partial charge is 0.244 e. The van der Waals surface area contributed by atoms with Crippen LogP contribution in [0.2, 0.25) is 0 Å². The molecule has 0 aromatic rings. The highest BCUT2D eigenvalue weighted by Crippen LogP contribution is 2.15. The van der Waals surface area contributed by atoms with Crippen LogP contribution in [-0.4, -0.2) is 41.9 Å². The molecule has 1 atom stereocenters. The average Bonchev–Trinajstić information content (AvgIpc) is 2.93. The van der Waals surface area contributed by atoms with Crippen LogP contribution in [0.3, 0.4) is 0 Å². The van der Waals surface area contributed by atoms with Gasteiger partial charge in [-0.3, -0.25) is 19.8 Å². The van der Waals surface area contributed by atoms with Crippen LogP contribution >= 0.6 is 0 Å². The summed E-state index contributed by atoms with van der Waals surface area (Å²) in [7, 11) is 0. The largest absolute Gasteiger partial charge is 0.353 e. The van der Waals surface area contributed by atoms with Crippen molar-refractivity contribution in [1.82, 2.24) is 15.8 Å². The molecule has 0 aromatic heterocycles. The Balaban J connectivity index is 4.81. The Morgan fingerprint density at radius 1 is 0.615 bits per heavy atom. The molecule has 39 heavy (non-hydrogen) atoms. The third-order valence-electron chi connectivity index (χ3n) is 7.40. The number of amides is 3. The van der Waals surface area contributed by atoms with Gasteiger partial charge in [-0.05, 0) is 19.3 Å². The Hall–Kier alpha value is -1.63. The SMILES string of the molecule is CCCCCCCCCCCC(=O)NN(C(=O)CCCCCCCCCCC)C(CCCC)C(=O)NCCN. The van der Waals surface area contributed by atoms with Gasteiger partial charge in [0.1, 0.15) is 6.04 Å². The highest BCUT2D eigenvalue weighted by atomic mass is 16.2. The monoisotopic (exact) mass is 552 g/mol. The second-order valence-electron chi connectivity index (χ2n) is 11.2. The number of rotatable bonds is 27. The topological polar surface area (TPSA) is 105 Å². The number of carbonyl (C=O) groups is 3. The van der Waals surface area contributed by atoms with E-state index in [9.17, 15) is 14.4 Å². The summed E-state index contributed by atoms with van der Waals surface area (Å²) >= 11 is 0. The number of hydrogen-bond donors (Lipinski definition) is 3. The van der Waals surface area contributed by atoms with Gasteiger partial charge in [0.05, 0.1) is 0 Å². The fraction of sp³-hybridized carbons (Fsp3) is 0.906. The van der Waals surface area contributed by atoms with E-state index >= 15 is 0 Å². The van der Waals surface area contributed by atoms with Crippen LogP contribution in [0, 0.1) is 0 Å². The second kappa shape index (κ2) is 27.9. The molecule has 0 aliphatic rings. The van der Waals surface area contributed by atoms with Crippen molar-refractivity contribution in [3.05, 3.63) is 0 Å². The van der Waals surface area contributed by atoms with E-state index in [1.165, 1.54) is 82.1 Å². The molecule has 230 valence electrons. The molecule has 7 heteroatoms. The maximum atomic E-state index is 13.3. The second-order valence-corrected chi connectivity index (χ2v) is 11.2. The molecule has 0 aromatic carbocycles. The van der Waals surface area contributed by atoms with Gasteiger partial charge in [0.25, 0.3) is 0 Å². The third-order valence-corrected chi connectivity index (χ3v) is 7.40. The number of hydrogen-bond acceptors (Lipinski definition) is 4. The number of nitrogens with two attached hydrogens (primary N) is 1. The summed E-state index contributed by atoms with van der Waals surface area (Å²) < 4.78 is 0. The van der Waals surface area contributed by atoms with E-state index in [-0.39, 0.29) is 17.7 Å². The van der Waals surface area contributed by atoms with Crippen molar-refractivity contribution < 1.29 is 14.4 Å². The zero-order chi connectivity index (χ0) is 29.0. The molecular formula is C32H64N4O3. The van der Waals surface area contributed by atoms with Gasteiger partial charge < -0.3 is 11.1 Å². The predicted octanol–water partition coefficient (Wildman–Crippen LogP) is 7.32. The molecular weight excluding hydrogens is 488 g/mol. The fourth-order valence-electron chi connectivity index (χ4n) is 4.90. The molecule has 0 aliphatic heterocycles. The van der Waals surface area contributed by atoms with Crippen molar-refractivity contribution >= 4 is 17.7 Å². The lowest BCUT2D eigenvalue weighted by atomic mass is 10.1. The van der Waals surface area contributed by atoms with Gasteiger partial charge in [-0.1, -0.05) is 136 Å². The zero-order valence-corrected chi connectivity index (χ0v) is 26.0. The van der Waals surface area contributed by atoms with Gasteiger partial charge in [0.2, 0.25) is 17.7 Å². The molecule has 0 saturated heterocycles. The maximum absolute atomic E-state index is 13.3. The van der Waals surface area contributed by atoms with Crippen molar-refractivity contribution in [2.45, 2.75) is 174 Å². The predicted molar refractivity (Wildman–Crippen MR) is 164 cm³/mol. The number of nitrogens with zero attached hydrogens (tertiary/aromatic N) is 1. The van der Waals surface area contributed by atoms with E-state index in [2.05, 4.69) is 31.5 Å². The molecule has 3 amide bonds. The molecule has 0 saturated carbocycles. The van der Waals surface area contributed by atoms with Gasteiger partial charge in [0, 0.05) is 25.9 Å². The minimum Gasteiger partial charge on any atom is -0.353 e. The Bertz CT molecular complexity index is 600. The van der Waals surface area contributed by atoms with Gasteiger partial charge in [0.15, 0.2) is 0 Å². The Morgan fingerprint density at radius 2 is 1.05 bits per heavy atom. The first kappa shape index (κ1) is 37.4. The van der Waals surface area contributed by atoms with Crippen molar-refractivity contribution in [2.75, 3.05) is 13.1 Å².